The molecule has 0 aliphatic carbocycles. The molecular weight excluding hydrogens is 292 g/mol. The Labute approximate surface area is 131 Å². The molecule has 1 aromatic carbocycles. The van der Waals surface area contributed by atoms with E-state index in [9.17, 15) is 9.59 Å². The van der Waals surface area contributed by atoms with Crippen molar-refractivity contribution in [1.29, 1.82) is 0 Å². The Kier molecular flexibility index (Phi) is 8.66. The number of hydrogen-bond acceptors (Lipinski definition) is 3. The smallest absolute Gasteiger partial charge is 0.317 e. The number of carboxylic acids is 1. The molecule has 0 atom stereocenters. The molecule has 6 heteroatoms. The van der Waals surface area contributed by atoms with Crippen LogP contribution in [0.4, 0.5) is 5.69 Å². The molecule has 0 spiro atoms. The van der Waals surface area contributed by atoms with Crippen LogP contribution < -0.4 is 5.32 Å². The Morgan fingerprint density at radius 1 is 1.24 bits per heavy atom. The van der Waals surface area contributed by atoms with Crippen LogP contribution in [0.25, 0.3) is 0 Å². The number of anilines is 1. The number of nitrogens with zero attached hydrogens (tertiary/aromatic N) is 1. The lowest BCUT2D eigenvalue weighted by Gasteiger charge is -2.19. The van der Waals surface area contributed by atoms with Gasteiger partial charge in [0.15, 0.2) is 0 Å². The molecule has 0 aliphatic heterocycles. The first-order valence-corrected chi connectivity index (χ1v) is 6.73. The van der Waals surface area contributed by atoms with Crippen molar-refractivity contribution in [2.24, 2.45) is 0 Å². The summed E-state index contributed by atoms with van der Waals surface area (Å²) in [7, 11) is 0. The molecule has 21 heavy (non-hydrogen) atoms. The number of benzene rings is 1. The van der Waals surface area contributed by atoms with Gasteiger partial charge in [0.1, 0.15) is 0 Å². The van der Waals surface area contributed by atoms with E-state index in [1.54, 1.807) is 4.90 Å². The van der Waals surface area contributed by atoms with E-state index in [0.717, 1.165) is 23.2 Å². The van der Waals surface area contributed by atoms with Gasteiger partial charge in [-0.1, -0.05) is 24.6 Å². The predicted octanol–water partition coefficient (Wildman–Crippen LogP) is 2.46. The molecule has 1 amide bonds. The summed E-state index contributed by atoms with van der Waals surface area (Å²) < 4.78 is 0. The Morgan fingerprint density at radius 2 is 1.90 bits per heavy atom. The number of carboxylic acid groups (broad SMARTS) is 1. The number of hydrogen-bond donors (Lipinski definition) is 2. The highest BCUT2D eigenvalue weighted by atomic mass is 35.5. The van der Waals surface area contributed by atoms with Crippen molar-refractivity contribution >= 4 is 30.0 Å². The molecule has 0 heterocycles. The van der Waals surface area contributed by atoms with Crippen LogP contribution in [-0.2, 0) is 9.59 Å². The highest BCUT2D eigenvalue weighted by Gasteiger charge is 2.13. The molecule has 0 radical (unpaired) electrons. The van der Waals surface area contributed by atoms with Gasteiger partial charge in [-0.3, -0.25) is 14.5 Å². The zero-order chi connectivity index (χ0) is 15.1. The third-order valence-corrected chi connectivity index (χ3v) is 2.92. The molecule has 118 valence electrons. The van der Waals surface area contributed by atoms with E-state index in [0.29, 0.717) is 6.54 Å². The standard InChI is InChI=1S/C15H22N2O3.ClH/c1-4-7-17(10-15(19)20)9-14(18)16-13-6-5-11(2)8-12(13)3;/h5-6,8H,4,7,9-10H2,1-3H3,(H,16,18)(H,19,20);1H. The molecule has 5 nitrogen and oxygen atoms in total. The van der Waals surface area contributed by atoms with Crippen molar-refractivity contribution in [2.75, 3.05) is 25.0 Å². The lowest BCUT2D eigenvalue weighted by Crippen LogP contribution is -2.37. The van der Waals surface area contributed by atoms with Crippen LogP contribution in [0.15, 0.2) is 18.2 Å². The van der Waals surface area contributed by atoms with Gasteiger partial charge in [-0.25, -0.2) is 0 Å². The summed E-state index contributed by atoms with van der Waals surface area (Å²) in [5.74, 6) is -1.11. The normalized spacial score (nSPS) is 10.1. The summed E-state index contributed by atoms with van der Waals surface area (Å²) in [5.41, 5.74) is 2.91. The molecule has 0 fully saturated rings. The second-order valence-electron chi connectivity index (χ2n) is 4.97. The molecular formula is C15H23ClN2O3. The van der Waals surface area contributed by atoms with Gasteiger partial charge in [0, 0.05) is 5.69 Å². The van der Waals surface area contributed by atoms with Gasteiger partial charge in [-0.2, -0.15) is 0 Å². The number of aryl methyl sites for hydroxylation is 2. The average molecular weight is 315 g/mol. The van der Waals surface area contributed by atoms with E-state index in [1.807, 2.05) is 39.0 Å². The van der Waals surface area contributed by atoms with Gasteiger partial charge in [0.2, 0.25) is 5.91 Å². The Bertz CT molecular complexity index is 492. The van der Waals surface area contributed by atoms with Crippen LogP contribution in [0.3, 0.4) is 0 Å². The quantitative estimate of drug-likeness (QED) is 0.811. The number of nitrogens with one attached hydrogen (secondary N) is 1. The number of amides is 1. The highest BCUT2D eigenvalue weighted by molar-refractivity contribution is 5.93. The number of carbonyl (C=O) groups excluding carboxylic acids is 1. The van der Waals surface area contributed by atoms with Gasteiger partial charge in [0.05, 0.1) is 13.1 Å². The van der Waals surface area contributed by atoms with Crippen LogP contribution in [0.1, 0.15) is 24.5 Å². The minimum atomic E-state index is -0.919. The van der Waals surface area contributed by atoms with Crippen LogP contribution in [-0.4, -0.2) is 41.5 Å². The van der Waals surface area contributed by atoms with Crippen molar-refractivity contribution in [3.8, 4) is 0 Å². The summed E-state index contributed by atoms with van der Waals surface area (Å²) in [6.45, 7) is 6.45. The molecule has 0 unspecified atom stereocenters. The van der Waals surface area contributed by atoms with Crippen molar-refractivity contribution < 1.29 is 14.7 Å². The van der Waals surface area contributed by atoms with Gasteiger partial charge in [0.25, 0.3) is 0 Å². The number of rotatable bonds is 7. The third-order valence-electron chi connectivity index (χ3n) is 2.92. The molecule has 1 aromatic rings. The minimum absolute atomic E-state index is 0. The fourth-order valence-electron chi connectivity index (χ4n) is 2.07. The van der Waals surface area contributed by atoms with Crippen LogP contribution in [0.5, 0.6) is 0 Å². The number of carbonyl (C=O) groups is 2. The lowest BCUT2D eigenvalue weighted by molar-refractivity contribution is -0.138. The number of aliphatic carboxylic acids is 1. The molecule has 2 N–H and O–H groups in total. The molecule has 0 aliphatic rings. The Balaban J connectivity index is 0.00000400. The summed E-state index contributed by atoms with van der Waals surface area (Å²) in [5, 5.41) is 11.6. The summed E-state index contributed by atoms with van der Waals surface area (Å²) in [6.07, 6.45) is 0.810. The van der Waals surface area contributed by atoms with Crippen molar-refractivity contribution in [3.63, 3.8) is 0 Å². The fraction of sp³-hybridized carbons (Fsp3) is 0.467. The van der Waals surface area contributed by atoms with E-state index in [2.05, 4.69) is 5.32 Å². The van der Waals surface area contributed by atoms with Gasteiger partial charge >= 0.3 is 5.97 Å². The van der Waals surface area contributed by atoms with E-state index >= 15 is 0 Å². The van der Waals surface area contributed by atoms with E-state index in [-0.39, 0.29) is 31.4 Å². The van der Waals surface area contributed by atoms with E-state index in [1.165, 1.54) is 0 Å². The second kappa shape index (κ2) is 9.37. The first kappa shape index (κ1) is 19.4. The largest absolute Gasteiger partial charge is 0.480 e. The second-order valence-corrected chi connectivity index (χ2v) is 4.97. The van der Waals surface area contributed by atoms with E-state index < -0.39 is 5.97 Å². The molecule has 1 rings (SSSR count). The predicted molar refractivity (Wildman–Crippen MR) is 86.2 cm³/mol. The van der Waals surface area contributed by atoms with Crippen LogP contribution in [0.2, 0.25) is 0 Å². The van der Waals surface area contributed by atoms with Gasteiger partial charge in [-0.05, 0) is 38.4 Å². The molecule has 0 bridgehead atoms. The Morgan fingerprint density at radius 3 is 2.43 bits per heavy atom. The number of halogens is 1. The van der Waals surface area contributed by atoms with Gasteiger partial charge in [-0.15, -0.1) is 12.4 Å². The monoisotopic (exact) mass is 314 g/mol. The highest BCUT2D eigenvalue weighted by Crippen LogP contribution is 2.15. The third kappa shape index (κ3) is 7.11. The molecule has 0 saturated heterocycles. The van der Waals surface area contributed by atoms with Crippen molar-refractivity contribution in [3.05, 3.63) is 29.3 Å². The average Bonchev–Trinajstić information content (AvgIpc) is 2.32. The van der Waals surface area contributed by atoms with Crippen LogP contribution >= 0.6 is 12.4 Å². The summed E-state index contributed by atoms with van der Waals surface area (Å²) in [4.78, 5) is 24.3. The maximum Gasteiger partial charge on any atom is 0.317 e. The fourth-order valence-corrected chi connectivity index (χ4v) is 2.07. The molecule has 0 aromatic heterocycles. The zero-order valence-corrected chi connectivity index (χ0v) is 13.5. The molecule has 0 saturated carbocycles. The maximum absolute atomic E-state index is 12.0. The topological polar surface area (TPSA) is 69.6 Å². The minimum Gasteiger partial charge on any atom is -0.480 e. The zero-order valence-electron chi connectivity index (χ0n) is 12.7. The van der Waals surface area contributed by atoms with Crippen molar-refractivity contribution in [2.45, 2.75) is 27.2 Å². The maximum atomic E-state index is 12.0. The SMILES string of the molecule is CCCN(CC(=O)O)CC(=O)Nc1ccc(C)cc1C.Cl. The van der Waals surface area contributed by atoms with Crippen LogP contribution in [0, 0.1) is 13.8 Å². The first-order chi connectivity index (χ1) is 9.42. The summed E-state index contributed by atoms with van der Waals surface area (Å²) in [6, 6.07) is 5.80. The van der Waals surface area contributed by atoms with E-state index in [4.69, 9.17) is 5.11 Å². The lowest BCUT2D eigenvalue weighted by atomic mass is 10.1. The van der Waals surface area contributed by atoms with Gasteiger partial charge < -0.3 is 10.4 Å². The summed E-state index contributed by atoms with van der Waals surface area (Å²) >= 11 is 0. The Hall–Kier alpha value is -1.59. The first-order valence-electron chi connectivity index (χ1n) is 6.73. The van der Waals surface area contributed by atoms with Crippen molar-refractivity contribution in [1.82, 2.24) is 4.90 Å².